The van der Waals surface area contributed by atoms with Crippen LogP contribution in [0.3, 0.4) is 0 Å². The van der Waals surface area contributed by atoms with Gasteiger partial charge in [0.05, 0.1) is 11.6 Å². The minimum absolute atomic E-state index is 0.216. The third kappa shape index (κ3) is 3.23. The molecule has 5 nitrogen and oxygen atoms in total. The Labute approximate surface area is 113 Å². The molecule has 2 unspecified atom stereocenters. The van der Waals surface area contributed by atoms with Crippen LogP contribution in [0.5, 0.6) is 0 Å². The molecule has 0 bridgehead atoms. The van der Waals surface area contributed by atoms with E-state index >= 15 is 0 Å². The van der Waals surface area contributed by atoms with Gasteiger partial charge in [0.15, 0.2) is 0 Å². The lowest BCUT2D eigenvalue weighted by molar-refractivity contribution is 0.319. The third-order valence-corrected chi connectivity index (χ3v) is 3.37. The lowest BCUT2D eigenvalue weighted by Crippen LogP contribution is -2.33. The fourth-order valence-corrected chi connectivity index (χ4v) is 2.18. The summed E-state index contributed by atoms with van der Waals surface area (Å²) < 4.78 is 5.39. The van der Waals surface area contributed by atoms with Crippen molar-refractivity contribution in [1.29, 1.82) is 0 Å². The summed E-state index contributed by atoms with van der Waals surface area (Å²) in [6.07, 6.45) is 4.02. The van der Waals surface area contributed by atoms with E-state index in [0.29, 0.717) is 17.8 Å². The van der Waals surface area contributed by atoms with Crippen molar-refractivity contribution < 1.29 is 4.52 Å². The summed E-state index contributed by atoms with van der Waals surface area (Å²) in [4.78, 5) is 7.56. The number of H-pyrrole nitrogens is 1. The zero-order valence-electron chi connectivity index (χ0n) is 11.8. The van der Waals surface area contributed by atoms with Crippen LogP contribution < -0.4 is 5.32 Å². The maximum Gasteiger partial charge on any atom is 0.231 e. The van der Waals surface area contributed by atoms with Crippen molar-refractivity contribution in [3.8, 4) is 11.5 Å². The molecule has 0 spiro atoms. The van der Waals surface area contributed by atoms with Crippen LogP contribution in [-0.2, 0) is 0 Å². The second-order valence-corrected chi connectivity index (χ2v) is 4.80. The van der Waals surface area contributed by atoms with E-state index in [1.807, 2.05) is 18.3 Å². The first kappa shape index (κ1) is 13.8. The van der Waals surface area contributed by atoms with Gasteiger partial charge in [0.1, 0.15) is 0 Å². The third-order valence-electron chi connectivity index (χ3n) is 3.37. The van der Waals surface area contributed by atoms with Crippen LogP contribution in [0.15, 0.2) is 22.9 Å². The van der Waals surface area contributed by atoms with E-state index in [0.717, 1.165) is 25.1 Å². The molecule has 0 aromatic carbocycles. The van der Waals surface area contributed by atoms with Crippen LogP contribution in [0.2, 0.25) is 0 Å². The highest BCUT2D eigenvalue weighted by molar-refractivity contribution is 5.47. The maximum atomic E-state index is 5.39. The van der Waals surface area contributed by atoms with E-state index in [9.17, 15) is 0 Å². The van der Waals surface area contributed by atoms with Crippen LogP contribution in [-0.4, -0.2) is 27.7 Å². The number of aromatic amines is 1. The van der Waals surface area contributed by atoms with Crippen LogP contribution >= 0.6 is 0 Å². The van der Waals surface area contributed by atoms with Gasteiger partial charge in [-0.3, -0.25) is 0 Å². The van der Waals surface area contributed by atoms with Gasteiger partial charge in [0, 0.05) is 12.2 Å². The highest BCUT2D eigenvalue weighted by Crippen LogP contribution is 2.22. The van der Waals surface area contributed by atoms with Crippen LogP contribution in [0.4, 0.5) is 0 Å². The molecule has 0 radical (unpaired) electrons. The molecule has 0 saturated carbocycles. The van der Waals surface area contributed by atoms with Crippen molar-refractivity contribution >= 4 is 0 Å². The highest BCUT2D eigenvalue weighted by atomic mass is 16.5. The largest absolute Gasteiger partial charge is 0.359 e. The molecule has 2 atom stereocenters. The summed E-state index contributed by atoms with van der Waals surface area (Å²) in [5.41, 5.74) is 0.886. The summed E-state index contributed by atoms with van der Waals surface area (Å²) in [6, 6.07) is 4.23. The van der Waals surface area contributed by atoms with Gasteiger partial charge in [-0.15, -0.1) is 0 Å². The molecule has 0 aliphatic carbocycles. The molecule has 0 amide bonds. The van der Waals surface area contributed by atoms with Gasteiger partial charge in [-0.2, -0.15) is 4.98 Å². The average Bonchev–Trinajstić information content (AvgIpc) is 3.10. The van der Waals surface area contributed by atoms with Gasteiger partial charge in [-0.25, -0.2) is 0 Å². The Morgan fingerprint density at radius 2 is 2.26 bits per heavy atom. The second-order valence-electron chi connectivity index (χ2n) is 4.80. The van der Waals surface area contributed by atoms with Crippen molar-refractivity contribution in [3.05, 3.63) is 24.2 Å². The lowest BCUT2D eigenvalue weighted by Gasteiger charge is -2.20. The molecule has 104 valence electrons. The molecule has 5 heteroatoms. The topological polar surface area (TPSA) is 66.7 Å². The summed E-state index contributed by atoms with van der Waals surface area (Å²) >= 11 is 0. The molecule has 0 saturated heterocycles. The fraction of sp³-hybridized carbons (Fsp3) is 0.571. The molecule has 2 aromatic rings. The van der Waals surface area contributed by atoms with E-state index in [1.165, 1.54) is 0 Å². The zero-order chi connectivity index (χ0) is 13.7. The molecule has 2 rings (SSSR count). The van der Waals surface area contributed by atoms with Crippen molar-refractivity contribution in [2.24, 2.45) is 0 Å². The minimum Gasteiger partial charge on any atom is -0.359 e. The van der Waals surface area contributed by atoms with Gasteiger partial charge in [-0.05, 0) is 31.5 Å². The highest BCUT2D eigenvalue weighted by Gasteiger charge is 2.22. The maximum absolute atomic E-state index is 5.39. The summed E-state index contributed by atoms with van der Waals surface area (Å²) in [5.74, 6) is 1.53. The Balaban J connectivity index is 2.08. The monoisotopic (exact) mass is 262 g/mol. The van der Waals surface area contributed by atoms with E-state index in [1.54, 1.807) is 0 Å². The number of rotatable bonds is 7. The van der Waals surface area contributed by atoms with Gasteiger partial charge in [0.25, 0.3) is 0 Å². The Bertz CT molecular complexity index is 477. The summed E-state index contributed by atoms with van der Waals surface area (Å²) in [7, 11) is 0. The normalized spacial score (nSPS) is 14.5. The Hall–Kier alpha value is -1.62. The van der Waals surface area contributed by atoms with E-state index in [2.05, 4.69) is 41.2 Å². The number of nitrogens with one attached hydrogen (secondary N) is 2. The van der Waals surface area contributed by atoms with Crippen LogP contribution in [0.25, 0.3) is 11.5 Å². The first-order chi connectivity index (χ1) is 9.26. The van der Waals surface area contributed by atoms with Crippen molar-refractivity contribution in [2.45, 2.75) is 45.6 Å². The first-order valence-electron chi connectivity index (χ1n) is 6.97. The summed E-state index contributed by atoms with van der Waals surface area (Å²) in [6.45, 7) is 7.48. The Kier molecular flexibility index (Phi) is 4.74. The van der Waals surface area contributed by atoms with E-state index in [-0.39, 0.29) is 5.92 Å². The minimum atomic E-state index is 0.216. The van der Waals surface area contributed by atoms with Crippen molar-refractivity contribution in [2.75, 3.05) is 6.54 Å². The lowest BCUT2D eigenvalue weighted by atomic mass is 9.99. The van der Waals surface area contributed by atoms with Gasteiger partial charge in [0.2, 0.25) is 11.7 Å². The molecule has 2 aromatic heterocycles. The van der Waals surface area contributed by atoms with Crippen molar-refractivity contribution in [3.63, 3.8) is 0 Å². The van der Waals surface area contributed by atoms with Gasteiger partial charge < -0.3 is 14.8 Å². The molecule has 2 N–H and O–H groups in total. The van der Waals surface area contributed by atoms with Crippen molar-refractivity contribution in [1.82, 2.24) is 20.4 Å². The number of nitrogens with zero attached hydrogens (tertiary/aromatic N) is 2. The Morgan fingerprint density at radius 3 is 2.89 bits per heavy atom. The molecular weight excluding hydrogens is 240 g/mol. The second kappa shape index (κ2) is 6.52. The van der Waals surface area contributed by atoms with Crippen LogP contribution in [0, 0.1) is 0 Å². The quantitative estimate of drug-likeness (QED) is 0.805. The Morgan fingerprint density at radius 1 is 1.42 bits per heavy atom. The van der Waals surface area contributed by atoms with Gasteiger partial charge >= 0.3 is 0 Å². The number of hydrogen-bond acceptors (Lipinski definition) is 4. The molecule has 19 heavy (non-hydrogen) atoms. The van der Waals surface area contributed by atoms with E-state index < -0.39 is 0 Å². The predicted octanol–water partition coefficient (Wildman–Crippen LogP) is 2.95. The molecule has 2 heterocycles. The zero-order valence-corrected chi connectivity index (χ0v) is 11.8. The molecular formula is C14H22N4O. The SMILES string of the molecule is CCCNC(CC)C(C)c1nc(-c2ccc[nH]2)no1. The first-order valence-corrected chi connectivity index (χ1v) is 6.97. The number of hydrogen-bond donors (Lipinski definition) is 2. The van der Waals surface area contributed by atoms with Crippen LogP contribution in [0.1, 0.15) is 45.4 Å². The molecule has 0 aliphatic rings. The average molecular weight is 262 g/mol. The standard InChI is InChI=1S/C14H22N4O/c1-4-8-15-11(5-2)10(3)14-17-13(18-19-14)12-7-6-9-16-12/h6-7,9-11,15-16H,4-5,8H2,1-3H3. The van der Waals surface area contributed by atoms with Gasteiger partial charge in [-0.1, -0.05) is 25.9 Å². The molecule has 0 fully saturated rings. The molecule has 0 aliphatic heterocycles. The van der Waals surface area contributed by atoms with E-state index in [4.69, 9.17) is 4.52 Å². The smallest absolute Gasteiger partial charge is 0.231 e. The summed E-state index contributed by atoms with van der Waals surface area (Å²) in [5, 5.41) is 7.56. The number of aromatic nitrogens is 3. The predicted molar refractivity (Wildman–Crippen MR) is 74.9 cm³/mol. The fourth-order valence-electron chi connectivity index (χ4n) is 2.18.